The average molecular weight is 495 g/mol. The number of likely N-dealkylation sites (tertiary alicyclic amines) is 1. The molecule has 3 atom stereocenters. The highest BCUT2D eigenvalue weighted by molar-refractivity contribution is 7.19. The van der Waals surface area contributed by atoms with Gasteiger partial charge in [-0.1, -0.05) is 6.07 Å². The van der Waals surface area contributed by atoms with Crippen LogP contribution in [0.3, 0.4) is 0 Å². The molecule has 2 unspecified atom stereocenters. The summed E-state index contributed by atoms with van der Waals surface area (Å²) < 4.78 is 18.3. The number of nitrogens with zero attached hydrogens (tertiary/aromatic N) is 1. The number of H-pyrrole nitrogens is 1. The highest BCUT2D eigenvalue weighted by atomic mass is 32.1. The average Bonchev–Trinajstić information content (AvgIpc) is 3.46. The molecule has 1 saturated heterocycles. The first kappa shape index (κ1) is 24.0. The maximum absolute atomic E-state index is 10.7. The molecule has 1 fully saturated rings. The van der Waals surface area contributed by atoms with Crippen molar-refractivity contribution in [3.8, 4) is 17.2 Å². The number of aliphatic hydroxyl groups excluding tert-OH is 1. The number of fused-ring (bicyclic) bond motifs is 2. The van der Waals surface area contributed by atoms with Gasteiger partial charge < -0.3 is 24.3 Å². The molecule has 1 aliphatic heterocycles. The predicted molar refractivity (Wildman–Crippen MR) is 142 cm³/mol. The van der Waals surface area contributed by atoms with Crippen LogP contribution >= 0.6 is 11.3 Å². The van der Waals surface area contributed by atoms with E-state index in [2.05, 4.69) is 35.0 Å². The number of hydrogen-bond acceptors (Lipinski definition) is 6. The molecule has 0 spiro atoms. The lowest BCUT2D eigenvalue weighted by Gasteiger charge is -2.38. The Hall–Kier alpha value is -2.74. The Morgan fingerprint density at radius 1 is 1.11 bits per heavy atom. The summed E-state index contributed by atoms with van der Waals surface area (Å²) >= 11 is 1.84. The van der Waals surface area contributed by atoms with Crippen molar-refractivity contribution in [3.05, 3.63) is 53.0 Å². The van der Waals surface area contributed by atoms with Crippen LogP contribution in [0.5, 0.6) is 17.2 Å². The van der Waals surface area contributed by atoms with Gasteiger partial charge in [0.2, 0.25) is 0 Å². The van der Waals surface area contributed by atoms with Crippen LogP contribution < -0.4 is 14.2 Å². The molecule has 2 N–H and O–H groups in total. The summed E-state index contributed by atoms with van der Waals surface area (Å²) in [6.07, 6.45) is 1.61. The summed E-state index contributed by atoms with van der Waals surface area (Å²) in [6.45, 7) is 6.17. The summed E-state index contributed by atoms with van der Waals surface area (Å²) in [5.41, 5.74) is 2.16. The number of aromatic nitrogens is 1. The van der Waals surface area contributed by atoms with E-state index in [1.807, 2.05) is 42.5 Å². The van der Waals surface area contributed by atoms with Crippen LogP contribution in [0.4, 0.5) is 0 Å². The van der Waals surface area contributed by atoms with E-state index in [0.717, 1.165) is 58.6 Å². The summed E-state index contributed by atoms with van der Waals surface area (Å²) in [4.78, 5) is 7.12. The van der Waals surface area contributed by atoms with E-state index in [4.69, 9.17) is 14.2 Å². The molecule has 0 amide bonds. The third-order valence-corrected chi connectivity index (χ3v) is 8.34. The van der Waals surface area contributed by atoms with Crippen molar-refractivity contribution in [2.24, 2.45) is 0 Å². The Labute approximate surface area is 210 Å². The molecular weight excluding hydrogens is 460 g/mol. The van der Waals surface area contributed by atoms with E-state index < -0.39 is 6.10 Å². The van der Waals surface area contributed by atoms with Gasteiger partial charge >= 0.3 is 0 Å². The molecule has 5 rings (SSSR count). The van der Waals surface area contributed by atoms with Crippen LogP contribution in [-0.4, -0.2) is 61.1 Å². The lowest BCUT2D eigenvalue weighted by Crippen LogP contribution is -2.45. The molecule has 2 aromatic heterocycles. The highest BCUT2D eigenvalue weighted by Crippen LogP contribution is 2.42. The second kappa shape index (κ2) is 10.1. The number of ether oxygens (including phenoxy) is 3. The van der Waals surface area contributed by atoms with Gasteiger partial charge in [-0.15, -0.1) is 11.3 Å². The number of aromatic amines is 1. The molecule has 4 aromatic rings. The second-order valence-corrected chi connectivity index (χ2v) is 10.7. The van der Waals surface area contributed by atoms with Crippen molar-refractivity contribution in [1.29, 1.82) is 0 Å². The van der Waals surface area contributed by atoms with E-state index in [1.54, 1.807) is 14.2 Å². The SMILES string of the molecule is COc1cc(OC)c2cc(C3CCN(C[C@H](O)COc4cccc5[nH]c(C)cc45)C(C)C3)sc2c1. The standard InChI is InChI=1S/C28H34N2O4S/c1-17-10-22-24(29-17)6-5-7-25(22)34-16-20(31)15-30-9-8-19(11-18(30)2)27-14-23-26(33-4)12-21(32-3)13-28(23)35-27/h5-7,10,12-14,18-20,29,31H,8-9,11,15-16H2,1-4H3/t18?,19?,20-/m0/s1. The largest absolute Gasteiger partial charge is 0.497 e. The molecule has 0 radical (unpaired) electrons. The molecule has 0 saturated carbocycles. The fourth-order valence-corrected chi connectivity index (χ4v) is 6.50. The number of nitrogens with one attached hydrogen (secondary N) is 1. The summed E-state index contributed by atoms with van der Waals surface area (Å²) in [5, 5.41) is 13.0. The van der Waals surface area contributed by atoms with Crippen LogP contribution in [0.25, 0.3) is 21.0 Å². The van der Waals surface area contributed by atoms with Crippen molar-refractivity contribution >= 4 is 32.3 Å². The maximum atomic E-state index is 10.7. The van der Waals surface area contributed by atoms with E-state index in [-0.39, 0.29) is 6.61 Å². The van der Waals surface area contributed by atoms with E-state index in [9.17, 15) is 5.11 Å². The number of β-amino-alcohol motifs (C(OH)–C–C–N with tert-alkyl or cyclic N) is 1. The normalized spacial score (nSPS) is 19.8. The molecule has 186 valence electrons. The number of methoxy groups -OCH3 is 2. The Bertz CT molecular complexity index is 1310. The molecule has 0 bridgehead atoms. The van der Waals surface area contributed by atoms with Crippen molar-refractivity contribution in [2.45, 2.75) is 44.8 Å². The number of aryl methyl sites for hydroxylation is 1. The third kappa shape index (κ3) is 4.99. The minimum absolute atomic E-state index is 0.286. The van der Waals surface area contributed by atoms with Crippen molar-refractivity contribution in [3.63, 3.8) is 0 Å². The van der Waals surface area contributed by atoms with Crippen LogP contribution in [0.2, 0.25) is 0 Å². The maximum Gasteiger partial charge on any atom is 0.131 e. The summed E-state index contributed by atoms with van der Waals surface area (Å²) in [7, 11) is 3.40. The molecular formula is C28H34N2O4S. The fourth-order valence-electron chi connectivity index (χ4n) is 5.24. The lowest BCUT2D eigenvalue weighted by molar-refractivity contribution is 0.0408. The minimum atomic E-state index is -0.537. The topological polar surface area (TPSA) is 67.0 Å². The zero-order valence-corrected chi connectivity index (χ0v) is 21.7. The number of benzene rings is 2. The van der Waals surface area contributed by atoms with Gasteiger partial charge in [0, 0.05) is 50.2 Å². The van der Waals surface area contributed by atoms with Crippen molar-refractivity contribution < 1.29 is 19.3 Å². The number of hydrogen-bond donors (Lipinski definition) is 2. The van der Waals surface area contributed by atoms with Gasteiger partial charge in [0.1, 0.15) is 30.0 Å². The van der Waals surface area contributed by atoms with Crippen LogP contribution in [0.15, 0.2) is 42.5 Å². The Morgan fingerprint density at radius 3 is 2.74 bits per heavy atom. The van der Waals surface area contributed by atoms with E-state index in [1.165, 1.54) is 9.58 Å². The predicted octanol–water partition coefficient (Wildman–Crippen LogP) is 5.72. The van der Waals surface area contributed by atoms with Gasteiger partial charge in [-0.25, -0.2) is 0 Å². The van der Waals surface area contributed by atoms with E-state index >= 15 is 0 Å². The van der Waals surface area contributed by atoms with Gasteiger partial charge in [0.15, 0.2) is 0 Å². The molecule has 7 heteroatoms. The Kier molecular flexibility index (Phi) is 6.91. The summed E-state index contributed by atoms with van der Waals surface area (Å²) in [5.74, 6) is 3.01. The highest BCUT2D eigenvalue weighted by Gasteiger charge is 2.29. The number of aliphatic hydroxyl groups is 1. The van der Waals surface area contributed by atoms with Gasteiger partial charge in [-0.3, -0.25) is 4.90 Å². The molecule has 3 heterocycles. The van der Waals surface area contributed by atoms with Crippen molar-refractivity contribution in [2.75, 3.05) is 33.9 Å². The van der Waals surface area contributed by atoms with Crippen molar-refractivity contribution in [1.82, 2.24) is 9.88 Å². The van der Waals surface area contributed by atoms with Gasteiger partial charge in [0.25, 0.3) is 0 Å². The first-order valence-corrected chi connectivity index (χ1v) is 13.1. The Balaban J connectivity index is 1.20. The number of thiophene rings is 1. The molecule has 35 heavy (non-hydrogen) atoms. The minimum Gasteiger partial charge on any atom is -0.497 e. The summed E-state index contributed by atoms with van der Waals surface area (Å²) in [6, 6.07) is 14.8. The van der Waals surface area contributed by atoms with Crippen LogP contribution in [0, 0.1) is 6.92 Å². The van der Waals surface area contributed by atoms with Gasteiger partial charge in [-0.05, 0) is 69.5 Å². The lowest BCUT2D eigenvalue weighted by atomic mass is 9.90. The van der Waals surface area contributed by atoms with Crippen LogP contribution in [0.1, 0.15) is 36.3 Å². The molecule has 2 aromatic carbocycles. The quantitative estimate of drug-likeness (QED) is 0.328. The molecule has 1 aliphatic rings. The first-order chi connectivity index (χ1) is 16.9. The zero-order valence-electron chi connectivity index (χ0n) is 20.8. The number of piperidine rings is 1. The smallest absolute Gasteiger partial charge is 0.131 e. The first-order valence-electron chi connectivity index (χ1n) is 12.2. The molecule has 0 aliphatic carbocycles. The van der Waals surface area contributed by atoms with Gasteiger partial charge in [-0.2, -0.15) is 0 Å². The Morgan fingerprint density at radius 2 is 1.97 bits per heavy atom. The van der Waals surface area contributed by atoms with Gasteiger partial charge in [0.05, 0.1) is 14.2 Å². The zero-order chi connectivity index (χ0) is 24.5. The molecule has 6 nitrogen and oxygen atoms in total. The second-order valence-electron chi connectivity index (χ2n) is 9.59. The van der Waals surface area contributed by atoms with E-state index in [0.29, 0.717) is 18.5 Å². The van der Waals surface area contributed by atoms with Crippen LogP contribution in [-0.2, 0) is 0 Å². The fraction of sp³-hybridized carbons (Fsp3) is 0.429. The third-order valence-electron chi connectivity index (χ3n) is 7.10. The monoisotopic (exact) mass is 494 g/mol. The number of rotatable bonds is 8.